The van der Waals surface area contributed by atoms with Crippen molar-refractivity contribution >= 4 is 27.5 Å². The molecule has 0 saturated carbocycles. The van der Waals surface area contributed by atoms with E-state index in [2.05, 4.69) is 24.1 Å². The van der Waals surface area contributed by atoms with E-state index < -0.39 is 15.8 Å². The lowest BCUT2D eigenvalue weighted by Crippen LogP contribution is -2.45. The number of benzene rings is 2. The first-order chi connectivity index (χ1) is 15.8. The third-order valence-corrected chi connectivity index (χ3v) is 8.54. The van der Waals surface area contributed by atoms with Gasteiger partial charge in [0.25, 0.3) is 0 Å². The summed E-state index contributed by atoms with van der Waals surface area (Å²) in [6.45, 7) is 6.54. The van der Waals surface area contributed by atoms with E-state index >= 15 is 0 Å². The standard InChI is InChI=1S/C24H31ClFN3O3S/c1-3-28(4-2)22(19-9-5-6-10-20(19)25)17-27-24(30)18-13-15-29(16-14-18)33(31,32)23-12-8-7-11-21(23)26/h5-12,18,22H,3-4,13-17H2,1-2H3,(H,27,30). The number of halogens is 2. The van der Waals surface area contributed by atoms with Crippen LogP contribution in [0.25, 0.3) is 0 Å². The van der Waals surface area contributed by atoms with E-state index in [9.17, 15) is 17.6 Å². The molecule has 0 spiro atoms. The number of piperidine rings is 1. The summed E-state index contributed by atoms with van der Waals surface area (Å²) in [5, 5.41) is 3.72. The molecule has 33 heavy (non-hydrogen) atoms. The number of carbonyl (C=O) groups is 1. The second-order valence-electron chi connectivity index (χ2n) is 8.11. The van der Waals surface area contributed by atoms with E-state index in [1.807, 2.05) is 24.3 Å². The maximum atomic E-state index is 14.0. The average molecular weight is 496 g/mol. The van der Waals surface area contributed by atoms with E-state index in [-0.39, 0.29) is 35.9 Å². The van der Waals surface area contributed by atoms with Crippen LogP contribution >= 0.6 is 11.6 Å². The lowest BCUT2D eigenvalue weighted by atomic mass is 9.97. The van der Waals surface area contributed by atoms with Crippen molar-refractivity contribution in [3.63, 3.8) is 0 Å². The van der Waals surface area contributed by atoms with E-state index in [1.54, 1.807) is 0 Å². The van der Waals surface area contributed by atoms with Gasteiger partial charge in [-0.15, -0.1) is 0 Å². The summed E-state index contributed by atoms with van der Waals surface area (Å²) in [5.41, 5.74) is 0.967. The highest BCUT2D eigenvalue weighted by molar-refractivity contribution is 7.89. The Kier molecular flexibility index (Phi) is 8.87. The van der Waals surface area contributed by atoms with Gasteiger partial charge in [0.05, 0.1) is 6.04 Å². The molecule has 0 aliphatic carbocycles. The second-order valence-corrected chi connectivity index (χ2v) is 10.4. The average Bonchev–Trinajstić information content (AvgIpc) is 2.82. The van der Waals surface area contributed by atoms with E-state index in [4.69, 9.17) is 11.6 Å². The normalized spacial score (nSPS) is 16.6. The van der Waals surface area contributed by atoms with Crippen molar-refractivity contribution in [1.29, 1.82) is 0 Å². The number of nitrogens with zero attached hydrogens (tertiary/aromatic N) is 2. The van der Waals surface area contributed by atoms with Crippen LogP contribution in [0.2, 0.25) is 5.02 Å². The molecule has 1 aliphatic heterocycles. The summed E-state index contributed by atoms with van der Waals surface area (Å²) in [6.07, 6.45) is 0.781. The topological polar surface area (TPSA) is 69.7 Å². The number of hydrogen-bond donors (Lipinski definition) is 1. The number of amides is 1. The third-order valence-electron chi connectivity index (χ3n) is 6.27. The Morgan fingerprint density at radius 1 is 1.12 bits per heavy atom. The lowest BCUT2D eigenvalue weighted by Gasteiger charge is -2.33. The van der Waals surface area contributed by atoms with Gasteiger partial charge in [-0.05, 0) is 49.7 Å². The van der Waals surface area contributed by atoms with E-state index in [1.165, 1.54) is 22.5 Å². The first-order valence-electron chi connectivity index (χ1n) is 11.3. The summed E-state index contributed by atoms with van der Waals surface area (Å²) < 4.78 is 40.9. The Hall–Kier alpha value is -2.00. The molecule has 9 heteroatoms. The molecule has 2 aromatic rings. The molecular formula is C24H31ClFN3O3S. The van der Waals surface area contributed by atoms with Crippen molar-refractivity contribution in [3.8, 4) is 0 Å². The SMILES string of the molecule is CCN(CC)C(CNC(=O)C1CCN(S(=O)(=O)c2ccccc2F)CC1)c1ccccc1Cl. The van der Waals surface area contributed by atoms with Crippen LogP contribution < -0.4 is 5.32 Å². The zero-order valence-corrected chi connectivity index (χ0v) is 20.6. The van der Waals surface area contributed by atoms with Gasteiger partial charge in [-0.25, -0.2) is 12.8 Å². The van der Waals surface area contributed by atoms with Crippen LogP contribution in [0, 0.1) is 11.7 Å². The molecule has 0 bridgehead atoms. The van der Waals surface area contributed by atoms with Crippen molar-refractivity contribution in [1.82, 2.24) is 14.5 Å². The monoisotopic (exact) mass is 495 g/mol. The molecule has 180 valence electrons. The molecule has 1 aliphatic rings. The van der Waals surface area contributed by atoms with Gasteiger partial charge in [0.1, 0.15) is 10.7 Å². The molecule has 6 nitrogen and oxygen atoms in total. The van der Waals surface area contributed by atoms with Gasteiger partial charge in [0, 0.05) is 30.6 Å². The van der Waals surface area contributed by atoms with Gasteiger partial charge < -0.3 is 5.32 Å². The van der Waals surface area contributed by atoms with Crippen molar-refractivity contribution in [2.24, 2.45) is 5.92 Å². The molecule has 1 atom stereocenters. The zero-order chi connectivity index (χ0) is 24.0. The van der Waals surface area contributed by atoms with Crippen molar-refractivity contribution in [3.05, 3.63) is 64.9 Å². The fourth-order valence-electron chi connectivity index (χ4n) is 4.34. The smallest absolute Gasteiger partial charge is 0.245 e. The summed E-state index contributed by atoms with van der Waals surface area (Å²) in [5.74, 6) is -1.15. The van der Waals surface area contributed by atoms with Crippen LogP contribution in [0.5, 0.6) is 0 Å². The summed E-state index contributed by atoms with van der Waals surface area (Å²) in [7, 11) is -3.92. The molecular weight excluding hydrogens is 465 g/mol. The maximum absolute atomic E-state index is 14.0. The highest BCUT2D eigenvalue weighted by Gasteiger charge is 2.33. The minimum absolute atomic E-state index is 0.0563. The minimum Gasteiger partial charge on any atom is -0.354 e. The van der Waals surface area contributed by atoms with Gasteiger partial charge >= 0.3 is 0 Å². The van der Waals surface area contributed by atoms with Gasteiger partial charge in [0.15, 0.2) is 0 Å². The molecule has 1 N–H and O–H groups in total. The predicted molar refractivity (Wildman–Crippen MR) is 128 cm³/mol. The Morgan fingerprint density at radius 3 is 2.33 bits per heavy atom. The maximum Gasteiger partial charge on any atom is 0.245 e. The van der Waals surface area contributed by atoms with E-state index in [0.29, 0.717) is 24.4 Å². The molecule has 1 fully saturated rings. The van der Waals surface area contributed by atoms with Crippen LogP contribution in [0.3, 0.4) is 0 Å². The van der Waals surface area contributed by atoms with Gasteiger partial charge in [0.2, 0.25) is 15.9 Å². The fraction of sp³-hybridized carbons (Fsp3) is 0.458. The molecule has 0 aromatic heterocycles. The van der Waals surface area contributed by atoms with Crippen LogP contribution in [0.4, 0.5) is 4.39 Å². The van der Waals surface area contributed by atoms with Crippen LogP contribution in [0.15, 0.2) is 53.4 Å². The van der Waals surface area contributed by atoms with Gasteiger partial charge in [-0.3, -0.25) is 9.69 Å². The lowest BCUT2D eigenvalue weighted by molar-refractivity contribution is -0.126. The van der Waals surface area contributed by atoms with Crippen LogP contribution in [-0.4, -0.2) is 56.3 Å². The highest BCUT2D eigenvalue weighted by Crippen LogP contribution is 2.28. The molecule has 2 aromatic carbocycles. The van der Waals surface area contributed by atoms with Crippen molar-refractivity contribution in [2.75, 3.05) is 32.7 Å². The third kappa shape index (κ3) is 5.93. The molecule has 0 radical (unpaired) electrons. The molecule has 1 amide bonds. The number of rotatable bonds is 9. The molecule has 1 saturated heterocycles. The summed E-state index contributed by atoms with van der Waals surface area (Å²) >= 11 is 6.43. The predicted octanol–water partition coefficient (Wildman–Crippen LogP) is 4.08. The Balaban J connectivity index is 1.62. The summed E-state index contributed by atoms with van der Waals surface area (Å²) in [4.78, 5) is 14.8. The molecule has 3 rings (SSSR count). The number of carbonyl (C=O) groups excluding carboxylic acids is 1. The van der Waals surface area contributed by atoms with E-state index in [0.717, 1.165) is 24.7 Å². The zero-order valence-electron chi connectivity index (χ0n) is 19.0. The summed E-state index contributed by atoms with van der Waals surface area (Å²) in [6, 6.07) is 13.0. The number of likely N-dealkylation sites (N-methyl/N-ethyl adjacent to an activating group) is 1. The number of hydrogen-bond acceptors (Lipinski definition) is 4. The first kappa shape index (κ1) is 25.6. The molecule has 1 heterocycles. The van der Waals surface area contributed by atoms with Gasteiger partial charge in [-0.2, -0.15) is 4.31 Å². The Bertz CT molecular complexity index is 1050. The quantitative estimate of drug-likeness (QED) is 0.569. The number of nitrogens with one attached hydrogen (secondary N) is 1. The minimum atomic E-state index is -3.92. The largest absolute Gasteiger partial charge is 0.354 e. The Labute approximate surface area is 200 Å². The van der Waals surface area contributed by atoms with Crippen molar-refractivity contribution in [2.45, 2.75) is 37.6 Å². The van der Waals surface area contributed by atoms with Crippen molar-refractivity contribution < 1.29 is 17.6 Å². The second kappa shape index (κ2) is 11.4. The fourth-order valence-corrected chi connectivity index (χ4v) is 6.13. The highest BCUT2D eigenvalue weighted by atomic mass is 35.5. The van der Waals surface area contributed by atoms with Crippen LogP contribution in [-0.2, 0) is 14.8 Å². The Morgan fingerprint density at radius 2 is 1.73 bits per heavy atom. The molecule has 1 unspecified atom stereocenters. The first-order valence-corrected chi connectivity index (χ1v) is 13.1. The van der Waals surface area contributed by atoms with Crippen LogP contribution in [0.1, 0.15) is 38.3 Å². The van der Waals surface area contributed by atoms with Gasteiger partial charge in [-0.1, -0.05) is 55.8 Å². The number of sulfonamides is 1.